The lowest BCUT2D eigenvalue weighted by Gasteiger charge is -2.26. The molecule has 0 spiro atoms. The van der Waals surface area contributed by atoms with Crippen LogP contribution in [0.2, 0.25) is 0 Å². The lowest BCUT2D eigenvalue weighted by Crippen LogP contribution is -2.57. The topological polar surface area (TPSA) is 208 Å². The van der Waals surface area contributed by atoms with Crippen molar-refractivity contribution in [2.75, 3.05) is 0 Å². The number of aliphatic carboxylic acids is 2. The number of rotatable bonds is 16. The van der Waals surface area contributed by atoms with E-state index >= 15 is 0 Å². The number of hydrogen-bond donors (Lipinski definition) is 7. The van der Waals surface area contributed by atoms with Gasteiger partial charge in [-0.15, -0.1) is 0 Å². The third kappa shape index (κ3) is 12.0. The summed E-state index contributed by atoms with van der Waals surface area (Å²) in [6.07, 6.45) is -0.214. The molecule has 0 bridgehead atoms. The van der Waals surface area contributed by atoms with E-state index in [-0.39, 0.29) is 43.3 Å². The van der Waals surface area contributed by atoms with E-state index in [2.05, 4.69) is 16.0 Å². The smallest absolute Gasteiger partial charge is 0.326 e. The molecule has 0 fully saturated rings. The summed E-state index contributed by atoms with van der Waals surface area (Å²) >= 11 is 0. The zero-order chi connectivity index (χ0) is 29.0. The summed E-state index contributed by atoms with van der Waals surface area (Å²) in [5.41, 5.74) is 6.73. The largest absolute Gasteiger partial charge is 0.508 e. The molecule has 4 atom stereocenters. The fourth-order valence-electron chi connectivity index (χ4n) is 3.73. The minimum absolute atomic E-state index is 0.0342. The van der Waals surface area contributed by atoms with Gasteiger partial charge in [0.05, 0.1) is 6.04 Å². The molecule has 0 aliphatic rings. The summed E-state index contributed by atoms with van der Waals surface area (Å²) in [4.78, 5) is 61.5. The number of carboxylic acid groups (broad SMARTS) is 2. The van der Waals surface area contributed by atoms with Gasteiger partial charge in [-0.2, -0.15) is 0 Å². The average molecular weight is 537 g/mol. The van der Waals surface area contributed by atoms with Crippen molar-refractivity contribution >= 4 is 29.7 Å². The Morgan fingerprint density at radius 3 is 1.74 bits per heavy atom. The van der Waals surface area contributed by atoms with Gasteiger partial charge in [-0.05, 0) is 55.2 Å². The standard InChI is InChI=1S/C26H40N4O8/c1-14(2)11-20(29-23(34)18(27)13-16-5-7-17(31)8-6-16)25(36)28-19(9-10-22(32)33)24(35)30-21(26(37)38)12-15(3)4/h5-8,14-15,18-21,31H,9-13,27H2,1-4H3,(H,28,36)(H,29,34)(H,30,35)(H,32,33)(H,37,38). The molecule has 1 rings (SSSR count). The minimum Gasteiger partial charge on any atom is -0.508 e. The maximum absolute atomic E-state index is 13.2. The fraction of sp³-hybridized carbons (Fsp3) is 0.577. The number of carboxylic acids is 2. The molecule has 8 N–H and O–H groups in total. The molecule has 0 heterocycles. The number of benzene rings is 1. The summed E-state index contributed by atoms with van der Waals surface area (Å²) in [7, 11) is 0. The molecule has 38 heavy (non-hydrogen) atoms. The third-order valence-corrected chi connectivity index (χ3v) is 5.67. The Kier molecular flexibility index (Phi) is 13.2. The predicted octanol–water partition coefficient (Wildman–Crippen LogP) is 0.758. The van der Waals surface area contributed by atoms with E-state index in [1.165, 1.54) is 12.1 Å². The highest BCUT2D eigenvalue weighted by Crippen LogP contribution is 2.12. The molecule has 0 saturated carbocycles. The lowest BCUT2D eigenvalue weighted by molar-refractivity contribution is -0.143. The summed E-state index contributed by atoms with van der Waals surface area (Å²) in [5, 5.41) is 35.4. The number of nitrogens with one attached hydrogen (secondary N) is 3. The summed E-state index contributed by atoms with van der Waals surface area (Å²) < 4.78 is 0. The molecular formula is C26H40N4O8. The van der Waals surface area contributed by atoms with Gasteiger partial charge in [0.2, 0.25) is 17.7 Å². The van der Waals surface area contributed by atoms with Gasteiger partial charge >= 0.3 is 11.9 Å². The predicted molar refractivity (Wildman–Crippen MR) is 139 cm³/mol. The first-order chi connectivity index (χ1) is 17.7. The zero-order valence-electron chi connectivity index (χ0n) is 22.3. The monoisotopic (exact) mass is 536 g/mol. The van der Waals surface area contributed by atoms with Crippen LogP contribution in [0, 0.1) is 11.8 Å². The Balaban J connectivity index is 3.00. The number of hydrogen-bond acceptors (Lipinski definition) is 7. The average Bonchev–Trinajstić information content (AvgIpc) is 2.81. The van der Waals surface area contributed by atoms with Crippen LogP contribution < -0.4 is 21.7 Å². The van der Waals surface area contributed by atoms with E-state index in [1.807, 2.05) is 13.8 Å². The molecule has 0 aliphatic carbocycles. The second-order valence-corrected chi connectivity index (χ2v) is 10.2. The van der Waals surface area contributed by atoms with E-state index in [4.69, 9.17) is 10.8 Å². The second kappa shape index (κ2) is 15.6. The highest BCUT2D eigenvalue weighted by molar-refractivity contribution is 5.94. The second-order valence-electron chi connectivity index (χ2n) is 10.2. The van der Waals surface area contributed by atoms with Gasteiger partial charge < -0.3 is 37.0 Å². The van der Waals surface area contributed by atoms with Crippen molar-refractivity contribution < 1.29 is 39.3 Å². The summed E-state index contributed by atoms with van der Waals surface area (Å²) in [6.45, 7) is 7.25. The molecule has 3 amide bonds. The maximum atomic E-state index is 13.2. The van der Waals surface area contributed by atoms with Crippen LogP contribution in [-0.4, -0.2) is 69.1 Å². The van der Waals surface area contributed by atoms with Crippen LogP contribution in [0.1, 0.15) is 58.9 Å². The van der Waals surface area contributed by atoms with Crippen LogP contribution in [0.3, 0.4) is 0 Å². The van der Waals surface area contributed by atoms with Crippen molar-refractivity contribution in [2.24, 2.45) is 17.6 Å². The number of carbonyl (C=O) groups is 5. The van der Waals surface area contributed by atoms with Gasteiger partial charge in [-0.3, -0.25) is 19.2 Å². The number of amides is 3. The highest BCUT2D eigenvalue weighted by atomic mass is 16.4. The van der Waals surface area contributed by atoms with Gasteiger partial charge in [-0.25, -0.2) is 4.79 Å². The van der Waals surface area contributed by atoms with Gasteiger partial charge in [0.15, 0.2) is 0 Å². The Morgan fingerprint density at radius 2 is 1.24 bits per heavy atom. The Labute approximate surface area is 222 Å². The molecule has 1 aromatic rings. The molecule has 0 aromatic heterocycles. The normalized spacial score (nSPS) is 14.3. The first-order valence-electron chi connectivity index (χ1n) is 12.6. The Hall–Kier alpha value is -3.67. The first-order valence-corrected chi connectivity index (χ1v) is 12.6. The highest BCUT2D eigenvalue weighted by Gasteiger charge is 2.31. The molecule has 12 heteroatoms. The quantitative estimate of drug-likeness (QED) is 0.159. The minimum atomic E-state index is -1.33. The fourth-order valence-corrected chi connectivity index (χ4v) is 3.73. The first kappa shape index (κ1) is 32.4. The van der Waals surface area contributed by atoms with Crippen LogP contribution in [-0.2, 0) is 30.4 Å². The van der Waals surface area contributed by atoms with Crippen LogP contribution in [0.25, 0.3) is 0 Å². The number of carbonyl (C=O) groups excluding carboxylic acids is 3. The van der Waals surface area contributed by atoms with Crippen LogP contribution >= 0.6 is 0 Å². The molecule has 0 aliphatic heterocycles. The summed E-state index contributed by atoms with van der Waals surface area (Å²) in [5.74, 6) is -4.59. The van der Waals surface area contributed by atoms with E-state index in [0.717, 1.165) is 0 Å². The Morgan fingerprint density at radius 1 is 0.763 bits per heavy atom. The van der Waals surface area contributed by atoms with Crippen LogP contribution in [0.4, 0.5) is 0 Å². The molecule has 4 unspecified atom stereocenters. The Bertz CT molecular complexity index is 964. The summed E-state index contributed by atoms with van der Waals surface area (Å²) in [6, 6.07) is 1.56. The number of nitrogens with two attached hydrogens (primary N) is 1. The molecule has 1 aromatic carbocycles. The van der Waals surface area contributed by atoms with Crippen molar-refractivity contribution in [3.63, 3.8) is 0 Å². The van der Waals surface area contributed by atoms with Gasteiger partial charge in [0.25, 0.3) is 0 Å². The lowest BCUT2D eigenvalue weighted by atomic mass is 10.00. The SMILES string of the molecule is CC(C)CC(NC(=O)C(CCC(=O)O)NC(=O)C(CC(C)C)NC(=O)C(N)Cc1ccc(O)cc1)C(=O)O. The van der Waals surface area contributed by atoms with E-state index < -0.39 is 60.2 Å². The van der Waals surface area contributed by atoms with Crippen molar-refractivity contribution in [1.82, 2.24) is 16.0 Å². The van der Waals surface area contributed by atoms with Crippen molar-refractivity contribution in [2.45, 2.75) is 84.0 Å². The third-order valence-electron chi connectivity index (χ3n) is 5.67. The van der Waals surface area contributed by atoms with Crippen molar-refractivity contribution in [1.29, 1.82) is 0 Å². The van der Waals surface area contributed by atoms with Crippen LogP contribution in [0.15, 0.2) is 24.3 Å². The van der Waals surface area contributed by atoms with E-state index in [9.17, 15) is 34.2 Å². The number of phenols is 1. The maximum Gasteiger partial charge on any atom is 0.326 e. The number of aromatic hydroxyl groups is 1. The van der Waals surface area contributed by atoms with Gasteiger partial charge in [0, 0.05) is 6.42 Å². The van der Waals surface area contributed by atoms with Crippen molar-refractivity contribution in [3.05, 3.63) is 29.8 Å². The van der Waals surface area contributed by atoms with Gasteiger partial charge in [0.1, 0.15) is 23.9 Å². The van der Waals surface area contributed by atoms with Gasteiger partial charge in [-0.1, -0.05) is 39.8 Å². The van der Waals surface area contributed by atoms with Crippen LogP contribution in [0.5, 0.6) is 5.75 Å². The van der Waals surface area contributed by atoms with Crippen molar-refractivity contribution in [3.8, 4) is 5.75 Å². The molecule has 12 nitrogen and oxygen atoms in total. The molecule has 212 valence electrons. The van der Waals surface area contributed by atoms with E-state index in [0.29, 0.717) is 5.56 Å². The molecule has 0 saturated heterocycles. The zero-order valence-corrected chi connectivity index (χ0v) is 22.3. The number of phenolic OH excluding ortho intramolecular Hbond substituents is 1. The molecular weight excluding hydrogens is 496 g/mol. The molecule has 0 radical (unpaired) electrons. The van der Waals surface area contributed by atoms with E-state index in [1.54, 1.807) is 26.0 Å².